The molecule has 0 saturated heterocycles. The van der Waals surface area contributed by atoms with Crippen molar-refractivity contribution in [2.45, 2.75) is 31.9 Å². The van der Waals surface area contributed by atoms with Crippen molar-refractivity contribution in [2.24, 2.45) is 4.99 Å². The number of hydrogen-bond donors (Lipinski definition) is 2. The molecule has 22 heavy (non-hydrogen) atoms. The lowest BCUT2D eigenvalue weighted by molar-refractivity contribution is 0.111. The summed E-state index contributed by atoms with van der Waals surface area (Å²) in [5.74, 6) is 0.834. The summed E-state index contributed by atoms with van der Waals surface area (Å²) in [6.45, 7) is 3.45. The van der Waals surface area contributed by atoms with Crippen LogP contribution in [0.4, 0.5) is 0 Å². The predicted octanol–water partition coefficient (Wildman–Crippen LogP) is 3.30. The van der Waals surface area contributed by atoms with Crippen LogP contribution in [0.3, 0.4) is 0 Å². The van der Waals surface area contributed by atoms with Crippen LogP contribution in [0.25, 0.3) is 0 Å². The van der Waals surface area contributed by atoms with E-state index in [-0.39, 0.29) is 6.10 Å². The van der Waals surface area contributed by atoms with E-state index in [1.165, 1.54) is 0 Å². The summed E-state index contributed by atoms with van der Waals surface area (Å²) < 4.78 is 5.56. The van der Waals surface area contributed by atoms with Crippen molar-refractivity contribution >= 4 is 17.6 Å². The van der Waals surface area contributed by atoms with Crippen LogP contribution < -0.4 is 10.6 Å². The molecule has 0 bridgehead atoms. The fourth-order valence-electron chi connectivity index (χ4n) is 2.45. The van der Waals surface area contributed by atoms with E-state index in [0.717, 1.165) is 30.9 Å². The minimum Gasteiger partial charge on any atom is -0.375 e. The van der Waals surface area contributed by atoms with E-state index in [1.807, 2.05) is 24.3 Å². The zero-order valence-electron chi connectivity index (χ0n) is 13.2. The Morgan fingerprint density at radius 1 is 1.41 bits per heavy atom. The minimum atomic E-state index is -0.101. The zero-order chi connectivity index (χ0) is 15.8. The first kappa shape index (κ1) is 16.8. The molecule has 0 radical (unpaired) electrons. The third kappa shape index (κ3) is 5.04. The van der Waals surface area contributed by atoms with Gasteiger partial charge in [0.15, 0.2) is 5.96 Å². The van der Waals surface area contributed by atoms with E-state index in [4.69, 9.17) is 16.3 Å². The third-order valence-electron chi connectivity index (χ3n) is 3.61. The first-order valence-electron chi connectivity index (χ1n) is 7.71. The van der Waals surface area contributed by atoms with Crippen LogP contribution in [-0.2, 0) is 4.74 Å². The van der Waals surface area contributed by atoms with Gasteiger partial charge in [0, 0.05) is 24.7 Å². The maximum atomic E-state index is 6.05. The van der Waals surface area contributed by atoms with Crippen molar-refractivity contribution in [1.29, 1.82) is 0 Å². The molecule has 5 heteroatoms. The molecule has 0 fully saturated rings. The second-order valence-corrected chi connectivity index (χ2v) is 5.72. The van der Waals surface area contributed by atoms with Gasteiger partial charge in [0.05, 0.1) is 6.54 Å². The Kier molecular flexibility index (Phi) is 6.74. The second-order valence-electron chi connectivity index (χ2n) is 5.28. The normalized spacial score (nSPS) is 16.8. The molecule has 0 aliphatic heterocycles. The van der Waals surface area contributed by atoms with Gasteiger partial charge in [0.25, 0.3) is 0 Å². The number of hydrogen-bond acceptors (Lipinski definition) is 2. The zero-order valence-corrected chi connectivity index (χ0v) is 13.9. The minimum absolute atomic E-state index is 0.101. The van der Waals surface area contributed by atoms with E-state index in [1.54, 1.807) is 7.11 Å². The fourth-order valence-corrected chi connectivity index (χ4v) is 2.64. The number of ether oxygens (including phenoxy) is 1. The summed E-state index contributed by atoms with van der Waals surface area (Å²) in [7, 11) is 1.70. The summed E-state index contributed by atoms with van der Waals surface area (Å²) in [5, 5.41) is 7.45. The molecular formula is C17H24ClN3O. The van der Waals surface area contributed by atoms with Gasteiger partial charge in [-0.1, -0.05) is 35.9 Å². The Labute approximate surface area is 137 Å². The molecule has 4 nitrogen and oxygen atoms in total. The van der Waals surface area contributed by atoms with Crippen molar-refractivity contribution in [2.75, 3.05) is 20.2 Å². The molecule has 0 aromatic heterocycles. The van der Waals surface area contributed by atoms with E-state index in [0.29, 0.717) is 17.6 Å². The summed E-state index contributed by atoms with van der Waals surface area (Å²) in [4.78, 5) is 4.65. The second kappa shape index (κ2) is 8.81. The standard InChI is InChI=1S/C17H24ClN3O/c1-3-19-17(21-15-9-4-5-10-15)20-12-16(22-2)13-7-6-8-14(18)11-13/h4-8,11,15-16H,3,9-10,12H2,1-2H3,(H2,19,20,21). The number of guanidine groups is 1. The molecule has 0 saturated carbocycles. The molecule has 1 atom stereocenters. The lowest BCUT2D eigenvalue weighted by Gasteiger charge is -2.19. The number of nitrogens with one attached hydrogen (secondary N) is 2. The highest BCUT2D eigenvalue weighted by Crippen LogP contribution is 2.20. The Morgan fingerprint density at radius 2 is 2.18 bits per heavy atom. The van der Waals surface area contributed by atoms with E-state index in [9.17, 15) is 0 Å². The van der Waals surface area contributed by atoms with E-state index in [2.05, 4.69) is 34.7 Å². The maximum absolute atomic E-state index is 6.05. The number of benzene rings is 1. The first-order valence-corrected chi connectivity index (χ1v) is 8.08. The summed E-state index contributed by atoms with van der Waals surface area (Å²) in [6, 6.07) is 8.16. The van der Waals surface area contributed by atoms with Crippen LogP contribution in [-0.4, -0.2) is 32.2 Å². The predicted molar refractivity (Wildman–Crippen MR) is 92.5 cm³/mol. The van der Waals surface area contributed by atoms with Gasteiger partial charge >= 0.3 is 0 Å². The van der Waals surface area contributed by atoms with E-state index < -0.39 is 0 Å². The van der Waals surface area contributed by atoms with Crippen LogP contribution in [0.2, 0.25) is 5.02 Å². The Balaban J connectivity index is 2.00. The van der Waals surface area contributed by atoms with E-state index >= 15 is 0 Å². The van der Waals surface area contributed by atoms with Gasteiger partial charge in [-0.2, -0.15) is 0 Å². The molecule has 0 amide bonds. The van der Waals surface area contributed by atoms with Gasteiger partial charge in [-0.15, -0.1) is 0 Å². The molecule has 1 aromatic rings. The lowest BCUT2D eigenvalue weighted by atomic mass is 10.1. The topological polar surface area (TPSA) is 45.7 Å². The van der Waals surface area contributed by atoms with Crippen molar-refractivity contribution in [3.8, 4) is 0 Å². The van der Waals surface area contributed by atoms with Gasteiger partial charge in [0.2, 0.25) is 0 Å². The van der Waals surface area contributed by atoms with Gasteiger partial charge in [-0.3, -0.25) is 4.99 Å². The number of methoxy groups -OCH3 is 1. The lowest BCUT2D eigenvalue weighted by Crippen LogP contribution is -2.42. The Hall–Kier alpha value is -1.52. The van der Waals surface area contributed by atoms with Crippen LogP contribution in [0.5, 0.6) is 0 Å². The summed E-state index contributed by atoms with van der Waals surface area (Å²) >= 11 is 6.05. The van der Waals surface area contributed by atoms with Gasteiger partial charge in [-0.25, -0.2) is 0 Å². The van der Waals surface area contributed by atoms with Crippen molar-refractivity contribution in [3.63, 3.8) is 0 Å². The highest BCUT2D eigenvalue weighted by molar-refractivity contribution is 6.30. The molecule has 1 unspecified atom stereocenters. The SMILES string of the molecule is CCNC(=NCC(OC)c1cccc(Cl)c1)NC1CC=CC1. The molecule has 120 valence electrons. The van der Waals surface area contributed by atoms with Gasteiger partial charge < -0.3 is 15.4 Å². The molecule has 2 N–H and O–H groups in total. The van der Waals surface area contributed by atoms with Gasteiger partial charge in [-0.05, 0) is 37.5 Å². The molecule has 2 rings (SSSR count). The molecular weight excluding hydrogens is 298 g/mol. The average molecular weight is 322 g/mol. The van der Waals surface area contributed by atoms with Crippen LogP contribution in [0.1, 0.15) is 31.4 Å². The molecule has 1 aliphatic rings. The number of aliphatic imine (C=N–C) groups is 1. The number of nitrogens with zero attached hydrogens (tertiary/aromatic N) is 1. The molecule has 0 spiro atoms. The number of halogens is 1. The summed E-state index contributed by atoms with van der Waals surface area (Å²) in [6.07, 6.45) is 6.39. The van der Waals surface area contributed by atoms with Crippen molar-refractivity contribution in [1.82, 2.24) is 10.6 Å². The smallest absolute Gasteiger partial charge is 0.191 e. The highest BCUT2D eigenvalue weighted by Gasteiger charge is 2.14. The molecule has 0 heterocycles. The van der Waals surface area contributed by atoms with Crippen LogP contribution in [0.15, 0.2) is 41.4 Å². The monoisotopic (exact) mass is 321 g/mol. The average Bonchev–Trinajstić information content (AvgIpc) is 3.01. The Morgan fingerprint density at radius 3 is 2.82 bits per heavy atom. The maximum Gasteiger partial charge on any atom is 0.191 e. The fraction of sp³-hybridized carbons (Fsp3) is 0.471. The number of rotatable bonds is 6. The quantitative estimate of drug-likeness (QED) is 0.480. The van der Waals surface area contributed by atoms with Crippen molar-refractivity contribution in [3.05, 3.63) is 47.0 Å². The Bertz CT molecular complexity index is 522. The molecule has 1 aliphatic carbocycles. The first-order chi connectivity index (χ1) is 10.7. The van der Waals surface area contributed by atoms with Crippen LogP contribution in [0, 0.1) is 0 Å². The third-order valence-corrected chi connectivity index (χ3v) is 3.85. The van der Waals surface area contributed by atoms with Crippen molar-refractivity contribution < 1.29 is 4.74 Å². The summed E-state index contributed by atoms with van der Waals surface area (Å²) in [5.41, 5.74) is 1.04. The highest BCUT2D eigenvalue weighted by atomic mass is 35.5. The van der Waals surface area contributed by atoms with Gasteiger partial charge in [0.1, 0.15) is 6.10 Å². The molecule has 1 aromatic carbocycles. The largest absolute Gasteiger partial charge is 0.375 e. The van der Waals surface area contributed by atoms with Crippen LogP contribution >= 0.6 is 11.6 Å².